The number of unbranched alkanes of at least 4 members (excludes halogenated alkanes) is 3. The minimum absolute atomic E-state index is 0.0261. The molecule has 0 aromatic heterocycles. The Balaban J connectivity index is 4.92. The molecule has 0 N–H and O–H groups in total. The number of hydrogen-bond donors (Lipinski definition) is 0. The fourth-order valence-electron chi connectivity index (χ4n) is 2.02. The Kier molecular flexibility index (Phi) is 7.60. The summed E-state index contributed by atoms with van der Waals surface area (Å²) in [5.41, 5.74) is -0.838. The van der Waals surface area contributed by atoms with Gasteiger partial charge in [0.05, 0.1) is 5.60 Å². The summed E-state index contributed by atoms with van der Waals surface area (Å²) in [5.74, 6) is 0. The first-order chi connectivity index (χ1) is 8.93. The normalized spacial score (nSPS) is 15.8. The van der Waals surface area contributed by atoms with E-state index in [0.717, 1.165) is 31.8 Å². The van der Waals surface area contributed by atoms with Crippen LogP contribution in [-0.4, -0.2) is 13.9 Å². The van der Waals surface area contributed by atoms with E-state index >= 15 is 0 Å². The van der Waals surface area contributed by atoms with Crippen molar-refractivity contribution < 1.29 is 13.2 Å². The van der Waals surface area contributed by atoms with Crippen LogP contribution in [0, 0.1) is 0 Å². The molecule has 0 fully saturated rings. The molecule has 0 rings (SSSR count). The second kappa shape index (κ2) is 7.69. The van der Waals surface area contributed by atoms with Crippen molar-refractivity contribution in [3.63, 3.8) is 0 Å². The molecule has 0 spiro atoms. The molecular weight excluding hydrogens is 274 g/mol. The molecule has 0 aliphatic rings. The summed E-state index contributed by atoms with van der Waals surface area (Å²) >= 11 is 0. The average Bonchev–Trinajstić information content (AvgIpc) is 2.20. The highest BCUT2D eigenvalue weighted by molar-refractivity contribution is 6.74. The molecule has 0 aliphatic heterocycles. The second-order valence-electron chi connectivity index (χ2n) is 7.42. The molecule has 0 heterocycles. The van der Waals surface area contributed by atoms with E-state index in [1.165, 1.54) is 0 Å². The number of hydrogen-bond acceptors (Lipinski definition) is 1. The van der Waals surface area contributed by atoms with E-state index in [1.807, 2.05) is 0 Å². The van der Waals surface area contributed by atoms with E-state index in [0.29, 0.717) is 6.42 Å². The van der Waals surface area contributed by atoms with Crippen molar-refractivity contribution in [3.05, 3.63) is 12.2 Å². The lowest BCUT2D eigenvalue weighted by molar-refractivity contribution is 0.104. The van der Waals surface area contributed by atoms with Crippen LogP contribution in [0.2, 0.25) is 18.1 Å². The van der Waals surface area contributed by atoms with E-state index in [1.54, 1.807) is 6.92 Å². The van der Waals surface area contributed by atoms with Crippen LogP contribution in [0.25, 0.3) is 0 Å². The minimum atomic E-state index is -2.05. The monoisotopic (exact) mass is 306 g/mol. The van der Waals surface area contributed by atoms with Gasteiger partial charge in [-0.1, -0.05) is 53.4 Å². The molecule has 0 saturated heterocycles. The van der Waals surface area contributed by atoms with Crippen LogP contribution in [0.4, 0.5) is 8.78 Å². The maximum absolute atomic E-state index is 12.8. The Morgan fingerprint density at radius 2 is 1.60 bits per heavy atom. The zero-order valence-electron chi connectivity index (χ0n) is 14.3. The number of rotatable bonds is 8. The van der Waals surface area contributed by atoms with Crippen molar-refractivity contribution in [1.82, 2.24) is 0 Å². The molecule has 4 heteroatoms. The first kappa shape index (κ1) is 19.8. The van der Waals surface area contributed by atoms with Gasteiger partial charge in [0, 0.05) is 6.08 Å². The van der Waals surface area contributed by atoms with Crippen LogP contribution >= 0.6 is 0 Å². The summed E-state index contributed by atoms with van der Waals surface area (Å²) in [4.78, 5) is 0. The fraction of sp³-hybridized carbons (Fsp3) is 0.875. The lowest BCUT2D eigenvalue weighted by Crippen LogP contribution is -2.48. The molecule has 1 unspecified atom stereocenters. The third-order valence-electron chi connectivity index (χ3n) is 4.24. The largest absolute Gasteiger partial charge is 0.408 e. The minimum Gasteiger partial charge on any atom is -0.408 e. The van der Waals surface area contributed by atoms with Crippen LogP contribution in [0.3, 0.4) is 0 Å². The average molecular weight is 307 g/mol. The predicted octanol–water partition coefficient (Wildman–Crippen LogP) is 6.52. The van der Waals surface area contributed by atoms with Crippen molar-refractivity contribution in [2.75, 3.05) is 0 Å². The van der Waals surface area contributed by atoms with E-state index in [9.17, 15) is 8.78 Å². The highest BCUT2D eigenvalue weighted by Gasteiger charge is 2.42. The summed E-state index contributed by atoms with van der Waals surface area (Å²) in [6, 6.07) is 0. The maximum Gasteiger partial charge on any atom is 0.269 e. The summed E-state index contributed by atoms with van der Waals surface area (Å²) in [7, 11) is -2.05. The fourth-order valence-corrected chi connectivity index (χ4v) is 3.66. The standard InChI is InChI=1S/C16H32F2OSi/c1-8-9-10-11-12-16(5,13-14(17)18)19-20(6,7)15(2,3)4/h13H,8-12H2,1-7H3. The predicted molar refractivity (Wildman–Crippen MR) is 85.7 cm³/mol. The van der Waals surface area contributed by atoms with E-state index in [4.69, 9.17) is 4.43 Å². The first-order valence-electron chi connectivity index (χ1n) is 7.67. The zero-order valence-corrected chi connectivity index (χ0v) is 15.3. The molecule has 0 bridgehead atoms. The Hall–Kier alpha value is -0.223. The topological polar surface area (TPSA) is 9.23 Å². The van der Waals surface area contributed by atoms with Gasteiger partial charge in [0.1, 0.15) is 0 Å². The Morgan fingerprint density at radius 3 is 2.00 bits per heavy atom. The summed E-state index contributed by atoms with van der Waals surface area (Å²) < 4.78 is 31.8. The van der Waals surface area contributed by atoms with Gasteiger partial charge in [-0.3, -0.25) is 0 Å². The van der Waals surface area contributed by atoms with Crippen molar-refractivity contribution in [2.24, 2.45) is 0 Å². The van der Waals surface area contributed by atoms with Gasteiger partial charge in [0.15, 0.2) is 8.32 Å². The van der Waals surface area contributed by atoms with E-state index < -0.39 is 20.0 Å². The molecular formula is C16H32F2OSi. The summed E-state index contributed by atoms with van der Waals surface area (Å²) in [5, 5.41) is 0.0261. The van der Waals surface area contributed by atoms with E-state index in [-0.39, 0.29) is 5.04 Å². The SMILES string of the molecule is CCCCCCC(C)(C=C(F)F)O[Si](C)(C)C(C)(C)C. The first-order valence-corrected chi connectivity index (χ1v) is 10.6. The Morgan fingerprint density at radius 1 is 1.05 bits per heavy atom. The zero-order chi connectivity index (χ0) is 16.0. The molecule has 0 amide bonds. The van der Waals surface area contributed by atoms with Gasteiger partial charge in [0.25, 0.3) is 6.08 Å². The van der Waals surface area contributed by atoms with Crippen molar-refractivity contribution >= 4 is 8.32 Å². The maximum atomic E-state index is 12.8. The molecule has 1 atom stereocenters. The van der Waals surface area contributed by atoms with Crippen molar-refractivity contribution in [1.29, 1.82) is 0 Å². The Labute approximate surface area is 124 Å². The van der Waals surface area contributed by atoms with Crippen LogP contribution in [0.1, 0.15) is 66.7 Å². The summed E-state index contributed by atoms with van der Waals surface area (Å²) in [6.45, 7) is 14.6. The van der Waals surface area contributed by atoms with Gasteiger partial charge in [-0.2, -0.15) is 8.78 Å². The van der Waals surface area contributed by atoms with Crippen LogP contribution < -0.4 is 0 Å². The molecule has 1 nitrogen and oxygen atoms in total. The highest BCUT2D eigenvalue weighted by atomic mass is 28.4. The Bertz CT molecular complexity index is 317. The third kappa shape index (κ3) is 6.98. The van der Waals surface area contributed by atoms with Gasteiger partial charge < -0.3 is 4.43 Å². The van der Waals surface area contributed by atoms with Crippen LogP contribution in [-0.2, 0) is 4.43 Å². The van der Waals surface area contributed by atoms with Gasteiger partial charge in [-0.15, -0.1) is 0 Å². The molecule has 20 heavy (non-hydrogen) atoms. The van der Waals surface area contributed by atoms with E-state index in [2.05, 4.69) is 40.8 Å². The van der Waals surface area contributed by atoms with Crippen LogP contribution in [0.15, 0.2) is 12.2 Å². The smallest absolute Gasteiger partial charge is 0.269 e. The number of halogens is 2. The molecule has 0 saturated carbocycles. The lowest BCUT2D eigenvalue weighted by Gasteiger charge is -2.43. The third-order valence-corrected chi connectivity index (χ3v) is 8.82. The second-order valence-corrected chi connectivity index (χ2v) is 12.1. The molecule has 120 valence electrons. The molecule has 0 aliphatic carbocycles. The summed E-state index contributed by atoms with van der Waals surface area (Å²) in [6.07, 6.45) is 4.35. The van der Waals surface area contributed by atoms with Gasteiger partial charge in [0.2, 0.25) is 0 Å². The molecule has 0 aromatic carbocycles. The van der Waals surface area contributed by atoms with Gasteiger partial charge >= 0.3 is 0 Å². The highest BCUT2D eigenvalue weighted by Crippen LogP contribution is 2.41. The van der Waals surface area contributed by atoms with Crippen molar-refractivity contribution in [3.8, 4) is 0 Å². The quantitative estimate of drug-likeness (QED) is 0.366. The van der Waals surface area contributed by atoms with Crippen LogP contribution in [0.5, 0.6) is 0 Å². The van der Waals surface area contributed by atoms with Crippen molar-refractivity contribution in [2.45, 2.75) is 90.5 Å². The lowest BCUT2D eigenvalue weighted by atomic mass is 9.98. The van der Waals surface area contributed by atoms with Gasteiger partial charge in [-0.25, -0.2) is 0 Å². The molecule has 0 aromatic rings. The molecule has 0 radical (unpaired) electrons. The van der Waals surface area contributed by atoms with Gasteiger partial charge in [-0.05, 0) is 31.5 Å².